The predicted molar refractivity (Wildman–Crippen MR) is 65.7 cm³/mol. The summed E-state index contributed by atoms with van der Waals surface area (Å²) in [7, 11) is 2.84. The molecule has 0 fully saturated rings. The van der Waals surface area contributed by atoms with Gasteiger partial charge in [0.15, 0.2) is 12.4 Å². The van der Waals surface area contributed by atoms with Crippen LogP contribution in [-0.2, 0) is 15.3 Å². The number of hydrogen-bond donors (Lipinski definition) is 1. The van der Waals surface area contributed by atoms with Crippen molar-refractivity contribution in [3.8, 4) is 17.2 Å². The molecule has 1 aliphatic rings. The number of aliphatic hydroxyl groups is 1. The van der Waals surface area contributed by atoms with Gasteiger partial charge < -0.3 is 24.1 Å². The lowest BCUT2D eigenvalue weighted by atomic mass is 10.0. The van der Waals surface area contributed by atoms with Crippen LogP contribution in [0.1, 0.15) is 12.5 Å². The molecule has 1 atom stereocenters. The molecule has 1 N–H and O–H groups in total. The molecule has 1 heterocycles. The first kappa shape index (κ1) is 13.8. The molecule has 19 heavy (non-hydrogen) atoms. The van der Waals surface area contributed by atoms with E-state index in [2.05, 4.69) is 0 Å². The highest BCUT2D eigenvalue weighted by Crippen LogP contribution is 2.48. The number of carbonyl (C=O) groups is 1. The van der Waals surface area contributed by atoms with Crippen LogP contribution in [0.15, 0.2) is 6.07 Å². The zero-order valence-electron chi connectivity index (χ0n) is 10.7. The molecule has 0 amide bonds. The Bertz CT molecular complexity index is 525. The molecular weight excluding hydrogens is 276 g/mol. The van der Waals surface area contributed by atoms with Crippen molar-refractivity contribution < 1.29 is 28.8 Å². The maximum absolute atomic E-state index is 11.4. The molecule has 2 rings (SSSR count). The van der Waals surface area contributed by atoms with Crippen LogP contribution in [0.25, 0.3) is 0 Å². The first-order valence-corrected chi connectivity index (χ1v) is 5.80. The van der Waals surface area contributed by atoms with Crippen LogP contribution in [0.3, 0.4) is 0 Å². The Labute approximate surface area is 114 Å². The third kappa shape index (κ3) is 2.29. The number of methoxy groups -OCH3 is 2. The van der Waals surface area contributed by atoms with Gasteiger partial charge in [0.25, 0.3) is 0 Å². The molecule has 7 heteroatoms. The molecule has 6 nitrogen and oxygen atoms in total. The van der Waals surface area contributed by atoms with E-state index >= 15 is 0 Å². The van der Waals surface area contributed by atoms with Crippen molar-refractivity contribution in [3.63, 3.8) is 0 Å². The molecule has 1 aromatic carbocycles. The molecule has 0 saturated carbocycles. The van der Waals surface area contributed by atoms with Gasteiger partial charge in [0.1, 0.15) is 22.1 Å². The Hall–Kier alpha value is -1.66. The highest BCUT2D eigenvalue weighted by molar-refractivity contribution is 6.33. The van der Waals surface area contributed by atoms with Crippen molar-refractivity contribution >= 4 is 17.6 Å². The van der Waals surface area contributed by atoms with E-state index in [9.17, 15) is 9.90 Å². The zero-order valence-corrected chi connectivity index (χ0v) is 11.4. The van der Waals surface area contributed by atoms with Gasteiger partial charge in [0, 0.05) is 13.0 Å². The number of cyclic esters (lactones) is 1. The van der Waals surface area contributed by atoms with Gasteiger partial charge in [-0.2, -0.15) is 0 Å². The largest absolute Gasteiger partial charge is 0.496 e. The Kier molecular flexibility index (Phi) is 3.47. The van der Waals surface area contributed by atoms with Gasteiger partial charge >= 0.3 is 5.97 Å². The molecule has 0 unspecified atom stereocenters. The molecule has 0 aliphatic carbocycles. The third-order valence-electron chi connectivity index (χ3n) is 2.70. The number of benzene rings is 1. The Morgan fingerprint density at radius 1 is 1.37 bits per heavy atom. The molecule has 0 aromatic heterocycles. The fraction of sp³-hybridized carbons (Fsp3) is 0.417. The van der Waals surface area contributed by atoms with Gasteiger partial charge in [-0.15, -0.1) is 0 Å². The quantitative estimate of drug-likeness (QED) is 0.831. The fourth-order valence-corrected chi connectivity index (χ4v) is 2.19. The lowest BCUT2D eigenvalue weighted by Crippen LogP contribution is -2.28. The summed E-state index contributed by atoms with van der Waals surface area (Å²) in [5.74, 6) is -1.95. The van der Waals surface area contributed by atoms with E-state index in [1.54, 1.807) is 0 Å². The number of rotatable bonds is 2. The van der Waals surface area contributed by atoms with Crippen LogP contribution in [0.4, 0.5) is 0 Å². The summed E-state index contributed by atoms with van der Waals surface area (Å²) in [4.78, 5) is 11.4. The first-order chi connectivity index (χ1) is 8.90. The molecular formula is C12H13ClO6. The van der Waals surface area contributed by atoms with Crippen molar-refractivity contribution in [2.45, 2.75) is 12.7 Å². The Balaban J connectivity index is 2.73. The maximum atomic E-state index is 11.4. The summed E-state index contributed by atoms with van der Waals surface area (Å²) in [6.07, 6.45) is 0. The van der Waals surface area contributed by atoms with Crippen molar-refractivity contribution in [2.24, 2.45) is 0 Å². The van der Waals surface area contributed by atoms with Gasteiger partial charge in [-0.05, 0) is 0 Å². The average molecular weight is 289 g/mol. The minimum absolute atomic E-state index is 0.105. The maximum Gasteiger partial charge on any atom is 0.346 e. The highest BCUT2D eigenvalue weighted by atomic mass is 35.5. The number of hydrogen-bond acceptors (Lipinski definition) is 6. The normalized spacial score (nSPS) is 21.8. The zero-order chi connectivity index (χ0) is 14.2. The number of carbonyl (C=O) groups excluding carboxylic acids is 1. The van der Waals surface area contributed by atoms with Gasteiger partial charge in [-0.25, -0.2) is 4.79 Å². The Morgan fingerprint density at radius 3 is 2.58 bits per heavy atom. The summed E-state index contributed by atoms with van der Waals surface area (Å²) >= 11 is 6.12. The number of esters is 1. The third-order valence-corrected chi connectivity index (χ3v) is 3.06. The van der Waals surface area contributed by atoms with Crippen LogP contribution >= 0.6 is 11.6 Å². The summed E-state index contributed by atoms with van der Waals surface area (Å²) in [5.41, 5.74) is 0.145. The molecule has 1 aliphatic heterocycles. The number of fused-ring (bicyclic) bond motifs is 1. The second-order valence-electron chi connectivity index (χ2n) is 4.04. The van der Waals surface area contributed by atoms with E-state index in [1.807, 2.05) is 0 Å². The number of ether oxygens (including phenoxy) is 4. The molecule has 104 valence electrons. The fourth-order valence-electron chi connectivity index (χ4n) is 1.91. The second kappa shape index (κ2) is 4.79. The molecule has 0 bridgehead atoms. The molecule has 0 saturated heterocycles. The van der Waals surface area contributed by atoms with E-state index in [-0.39, 0.29) is 28.7 Å². The van der Waals surface area contributed by atoms with Gasteiger partial charge in [-0.3, -0.25) is 0 Å². The summed E-state index contributed by atoms with van der Waals surface area (Å²) in [6.45, 7) is 0.947. The van der Waals surface area contributed by atoms with Crippen molar-refractivity contribution in [2.75, 3.05) is 20.8 Å². The lowest BCUT2D eigenvalue weighted by molar-refractivity contribution is -0.205. The monoisotopic (exact) mass is 288 g/mol. The highest BCUT2D eigenvalue weighted by Gasteiger charge is 2.40. The summed E-state index contributed by atoms with van der Waals surface area (Å²) in [5, 5.41) is 10.4. The van der Waals surface area contributed by atoms with E-state index in [0.717, 1.165) is 0 Å². The van der Waals surface area contributed by atoms with Gasteiger partial charge in [-0.1, -0.05) is 11.6 Å². The SMILES string of the molecule is COc1cc(OC)c2c(c1Cl)OCC(=O)O[C@@]2(C)O. The van der Waals surface area contributed by atoms with Crippen LogP contribution in [0.2, 0.25) is 5.02 Å². The van der Waals surface area contributed by atoms with E-state index in [0.29, 0.717) is 5.75 Å². The van der Waals surface area contributed by atoms with Crippen LogP contribution < -0.4 is 14.2 Å². The van der Waals surface area contributed by atoms with Crippen molar-refractivity contribution in [3.05, 3.63) is 16.7 Å². The smallest absolute Gasteiger partial charge is 0.346 e. The first-order valence-electron chi connectivity index (χ1n) is 5.42. The van der Waals surface area contributed by atoms with E-state index in [4.69, 9.17) is 30.5 Å². The Morgan fingerprint density at radius 2 is 2.00 bits per heavy atom. The topological polar surface area (TPSA) is 74.2 Å². The minimum Gasteiger partial charge on any atom is -0.496 e. The van der Waals surface area contributed by atoms with Gasteiger partial charge in [0.2, 0.25) is 5.79 Å². The van der Waals surface area contributed by atoms with E-state index in [1.165, 1.54) is 27.2 Å². The molecule has 0 radical (unpaired) electrons. The molecule has 0 spiro atoms. The lowest BCUT2D eigenvalue weighted by Gasteiger charge is -2.25. The minimum atomic E-state index is -1.90. The van der Waals surface area contributed by atoms with Crippen molar-refractivity contribution in [1.82, 2.24) is 0 Å². The average Bonchev–Trinajstić information content (AvgIpc) is 2.47. The van der Waals surface area contributed by atoms with Gasteiger partial charge in [0.05, 0.1) is 14.2 Å². The van der Waals surface area contributed by atoms with Crippen LogP contribution in [0.5, 0.6) is 17.2 Å². The van der Waals surface area contributed by atoms with Crippen molar-refractivity contribution in [1.29, 1.82) is 0 Å². The van der Waals surface area contributed by atoms with Crippen LogP contribution in [-0.4, -0.2) is 31.9 Å². The summed E-state index contributed by atoms with van der Waals surface area (Å²) in [6, 6.07) is 1.48. The predicted octanol–water partition coefficient (Wildman–Crippen LogP) is 1.46. The standard InChI is InChI=1S/C12H13ClO6/c1-12(15)9-6(16-2)4-7(17-3)10(13)11(9)18-5-8(14)19-12/h4,15H,5H2,1-3H3/t12-/m1/s1. The van der Waals surface area contributed by atoms with Crippen LogP contribution in [0, 0.1) is 0 Å². The molecule has 1 aromatic rings. The van der Waals surface area contributed by atoms with E-state index < -0.39 is 11.8 Å². The summed E-state index contributed by atoms with van der Waals surface area (Å²) < 4.78 is 20.5. The number of halogens is 1. The second-order valence-corrected chi connectivity index (χ2v) is 4.42.